The molecule has 0 amide bonds. The number of fused-ring (bicyclic) bond motifs is 5. The van der Waals surface area contributed by atoms with Crippen LogP contribution in [0, 0.1) is 22.3 Å². The standard InChI is InChI=1S/C32H30NO.C15H28O2.Ir/c1-31(2,3)18-20-11-9-13-22-23-14-15-33-29-25-16-19-10-7-8-12-21(19)28(32(4,5)6)30(25)34-26(27(23)29)17-24(20)22;1-7-14(5,8-2)12(16)11-13(17)15(6,9-3)10-4;/h7-15,17H,18H2,1-6H3;11,16H,7-10H2,1-6H3;/q-1;;/b;12-11-;. The van der Waals surface area contributed by atoms with Crippen LogP contribution in [0.25, 0.3) is 43.6 Å². The fraction of sp³-hybridized carbons (Fsp3) is 0.447. The average Bonchev–Trinajstić information content (AvgIpc) is 3.09. The van der Waals surface area contributed by atoms with Crippen LogP contribution in [0.3, 0.4) is 0 Å². The molecule has 0 aliphatic carbocycles. The first kappa shape index (κ1) is 41.2. The number of aliphatic hydroxyl groups is 1. The first-order valence-corrected chi connectivity index (χ1v) is 18.9. The van der Waals surface area contributed by atoms with Crippen molar-refractivity contribution in [1.82, 2.24) is 4.98 Å². The molecule has 1 N–H and O–H groups in total. The summed E-state index contributed by atoms with van der Waals surface area (Å²) in [5.74, 6) is 2.08. The van der Waals surface area contributed by atoms with Crippen molar-refractivity contribution < 1.29 is 34.7 Å². The maximum Gasteiger partial charge on any atom is 0.164 e. The maximum absolute atomic E-state index is 12.2. The van der Waals surface area contributed by atoms with Gasteiger partial charge in [0.1, 0.15) is 11.5 Å². The van der Waals surface area contributed by atoms with Gasteiger partial charge in [-0.05, 0) is 76.8 Å². The summed E-state index contributed by atoms with van der Waals surface area (Å²) in [5.41, 5.74) is 4.00. The number of ether oxygens (including phenoxy) is 1. The molecule has 52 heavy (non-hydrogen) atoms. The van der Waals surface area contributed by atoms with Crippen LogP contribution in [0.2, 0.25) is 0 Å². The van der Waals surface area contributed by atoms with Gasteiger partial charge in [0.15, 0.2) is 5.78 Å². The van der Waals surface area contributed by atoms with E-state index in [1.807, 2.05) is 47.7 Å². The summed E-state index contributed by atoms with van der Waals surface area (Å²) in [6.45, 7) is 25.7. The van der Waals surface area contributed by atoms with Gasteiger partial charge in [-0.2, -0.15) is 0 Å². The minimum Gasteiger partial charge on any atom is -0.512 e. The maximum atomic E-state index is 12.2. The summed E-state index contributed by atoms with van der Waals surface area (Å²) in [4.78, 5) is 17.1. The third-order valence-electron chi connectivity index (χ3n) is 11.4. The SMILES string of the molecule is CC(C)(C)Cc1cccc2c1cc1c3c(nccc32)-c2[c-]c3ccccc3c(C(C)(C)C)c2O1.CCC(C)(CC)C(=O)/C=C(\O)C(C)(CC)CC.[Ir]. The van der Waals surface area contributed by atoms with Crippen LogP contribution in [0.5, 0.6) is 11.5 Å². The van der Waals surface area contributed by atoms with Crippen molar-refractivity contribution in [1.29, 1.82) is 0 Å². The van der Waals surface area contributed by atoms with Crippen molar-refractivity contribution in [2.75, 3.05) is 0 Å². The normalized spacial score (nSPS) is 13.3. The van der Waals surface area contributed by atoms with Gasteiger partial charge in [0.05, 0.1) is 5.75 Å². The zero-order chi connectivity index (χ0) is 37.5. The van der Waals surface area contributed by atoms with Gasteiger partial charge in [-0.15, -0.1) is 17.5 Å². The molecule has 1 aliphatic heterocycles. The largest absolute Gasteiger partial charge is 0.512 e. The second-order valence-corrected chi connectivity index (χ2v) is 17.2. The summed E-state index contributed by atoms with van der Waals surface area (Å²) < 4.78 is 6.84. The molecule has 0 bridgehead atoms. The quantitative estimate of drug-likeness (QED) is 0.0716. The Hall–Kier alpha value is -3.53. The van der Waals surface area contributed by atoms with Crippen LogP contribution in [0.4, 0.5) is 0 Å². The number of aromatic nitrogens is 1. The average molecular weight is 877 g/mol. The fourth-order valence-corrected chi connectivity index (χ4v) is 7.21. The van der Waals surface area contributed by atoms with E-state index in [4.69, 9.17) is 9.72 Å². The van der Waals surface area contributed by atoms with Gasteiger partial charge < -0.3 is 9.84 Å². The molecule has 1 aromatic heterocycles. The van der Waals surface area contributed by atoms with Crippen molar-refractivity contribution in [2.24, 2.45) is 16.2 Å². The Morgan fingerprint density at radius 2 is 1.40 bits per heavy atom. The van der Waals surface area contributed by atoms with E-state index in [-0.39, 0.29) is 53.3 Å². The predicted octanol–water partition coefficient (Wildman–Crippen LogP) is 13.6. The molecule has 0 atom stereocenters. The molecule has 5 aromatic rings. The van der Waals surface area contributed by atoms with Crippen molar-refractivity contribution in [3.05, 3.63) is 89.8 Å². The fourth-order valence-electron chi connectivity index (χ4n) is 7.21. The summed E-state index contributed by atoms with van der Waals surface area (Å²) in [5, 5.41) is 17.2. The number of rotatable bonds is 8. The minimum atomic E-state index is -0.337. The van der Waals surface area contributed by atoms with Crippen LogP contribution in [-0.2, 0) is 36.7 Å². The molecule has 0 unspecified atom stereocenters. The van der Waals surface area contributed by atoms with Crippen LogP contribution in [0.15, 0.2) is 72.6 Å². The van der Waals surface area contributed by atoms with Crippen LogP contribution in [0.1, 0.15) is 120 Å². The number of nitrogens with zero attached hydrogens (tertiary/aromatic N) is 1. The van der Waals surface area contributed by atoms with Gasteiger partial charge in [0.25, 0.3) is 0 Å². The monoisotopic (exact) mass is 877 g/mol. The Morgan fingerprint density at radius 3 is 2.00 bits per heavy atom. The molecule has 0 fully saturated rings. The number of allylic oxidation sites excluding steroid dienone is 2. The predicted molar refractivity (Wildman–Crippen MR) is 216 cm³/mol. The van der Waals surface area contributed by atoms with Crippen LogP contribution < -0.4 is 4.74 Å². The van der Waals surface area contributed by atoms with Gasteiger partial charge in [0, 0.05) is 54.3 Å². The number of hydrogen-bond donors (Lipinski definition) is 1. The first-order valence-electron chi connectivity index (χ1n) is 18.9. The Bertz CT molecular complexity index is 2120. The zero-order valence-electron chi connectivity index (χ0n) is 33.4. The third-order valence-corrected chi connectivity index (χ3v) is 11.4. The number of benzene rings is 4. The summed E-state index contributed by atoms with van der Waals surface area (Å²) in [6, 6.07) is 23.2. The number of pyridine rings is 1. The molecule has 6 rings (SSSR count). The molecule has 4 nitrogen and oxygen atoms in total. The smallest absolute Gasteiger partial charge is 0.164 e. The van der Waals surface area contributed by atoms with Gasteiger partial charge in [-0.25, -0.2) is 0 Å². The Morgan fingerprint density at radius 1 is 0.788 bits per heavy atom. The minimum absolute atomic E-state index is 0. The van der Waals surface area contributed by atoms with Crippen molar-refractivity contribution in [3.8, 4) is 22.8 Å². The second-order valence-electron chi connectivity index (χ2n) is 17.2. The molecule has 279 valence electrons. The second kappa shape index (κ2) is 15.4. The number of aliphatic hydroxyl groups excluding tert-OH is 1. The van der Waals surface area contributed by atoms with Crippen LogP contribution in [-0.4, -0.2) is 15.9 Å². The summed E-state index contributed by atoms with van der Waals surface area (Å²) >= 11 is 0. The van der Waals surface area contributed by atoms with E-state index in [1.165, 1.54) is 38.7 Å². The van der Waals surface area contributed by atoms with Crippen LogP contribution >= 0.6 is 0 Å². The summed E-state index contributed by atoms with van der Waals surface area (Å²) in [7, 11) is 0. The number of hydrogen-bond acceptors (Lipinski definition) is 4. The third kappa shape index (κ3) is 7.87. The molecule has 0 saturated carbocycles. The van der Waals surface area contributed by atoms with E-state index in [2.05, 4.69) is 102 Å². The molecular formula is C47H58IrNO3-. The van der Waals surface area contributed by atoms with Crippen molar-refractivity contribution in [2.45, 2.75) is 121 Å². The van der Waals surface area contributed by atoms with Gasteiger partial charge >= 0.3 is 0 Å². The molecule has 1 aliphatic rings. The van der Waals surface area contributed by atoms with Crippen molar-refractivity contribution >= 4 is 38.1 Å². The molecule has 4 aromatic carbocycles. The Kier molecular flexibility index (Phi) is 12.2. The molecule has 0 saturated heterocycles. The summed E-state index contributed by atoms with van der Waals surface area (Å²) in [6.07, 6.45) is 7.70. The number of carbonyl (C=O) groups is 1. The zero-order valence-corrected chi connectivity index (χ0v) is 35.8. The molecule has 2 heterocycles. The molecule has 0 spiro atoms. The van der Waals surface area contributed by atoms with E-state index in [0.717, 1.165) is 65.6 Å². The first-order chi connectivity index (χ1) is 23.9. The van der Waals surface area contributed by atoms with Crippen molar-refractivity contribution in [3.63, 3.8) is 0 Å². The van der Waals surface area contributed by atoms with E-state index >= 15 is 0 Å². The van der Waals surface area contributed by atoms with Gasteiger partial charge in [0.2, 0.25) is 0 Å². The van der Waals surface area contributed by atoms with Gasteiger partial charge in [-0.3, -0.25) is 9.78 Å². The van der Waals surface area contributed by atoms with E-state index < -0.39 is 0 Å². The van der Waals surface area contributed by atoms with E-state index in [0.29, 0.717) is 0 Å². The van der Waals surface area contributed by atoms with Gasteiger partial charge in [-0.1, -0.05) is 136 Å². The molecule has 5 heteroatoms. The van der Waals surface area contributed by atoms with E-state index in [9.17, 15) is 9.90 Å². The molecular weight excluding hydrogens is 819 g/mol. The molecule has 1 radical (unpaired) electrons. The van der Waals surface area contributed by atoms with E-state index in [1.54, 1.807) is 0 Å². The number of carbonyl (C=O) groups excluding carboxylic acids is 1. The topological polar surface area (TPSA) is 59.4 Å². The Labute approximate surface area is 325 Å². The number of ketones is 1. The Balaban J connectivity index is 0.000000289.